The lowest BCUT2D eigenvalue weighted by atomic mass is 10.2. The molecule has 0 saturated heterocycles. The van der Waals surface area contributed by atoms with E-state index in [-0.39, 0.29) is 23.0 Å². The van der Waals surface area contributed by atoms with E-state index in [9.17, 15) is 22.0 Å². The average Bonchev–Trinajstić information content (AvgIpc) is 2.79. The summed E-state index contributed by atoms with van der Waals surface area (Å²) in [6.45, 7) is 0. The molecule has 1 aromatic heterocycles. The van der Waals surface area contributed by atoms with Crippen molar-refractivity contribution < 1.29 is 26.5 Å². The Morgan fingerprint density at radius 2 is 1.85 bits per heavy atom. The fourth-order valence-corrected chi connectivity index (χ4v) is 1.45. The second-order valence-electron chi connectivity index (χ2n) is 3.98. The number of aryl methyl sites for hydroxylation is 1. The Morgan fingerprint density at radius 3 is 2.50 bits per heavy atom. The Balaban J connectivity index is 2.23. The third-order valence-corrected chi connectivity index (χ3v) is 2.42. The minimum atomic E-state index is -4.35. The molecule has 2 N–H and O–H groups in total. The van der Waals surface area contributed by atoms with Crippen molar-refractivity contribution in [3.63, 3.8) is 0 Å². The van der Waals surface area contributed by atoms with Gasteiger partial charge in [-0.1, -0.05) is 5.16 Å². The number of nitrogens with zero attached hydrogens (tertiary/aromatic N) is 2. The van der Waals surface area contributed by atoms with Crippen molar-refractivity contribution >= 4 is 5.69 Å². The van der Waals surface area contributed by atoms with Crippen molar-refractivity contribution in [1.29, 1.82) is 0 Å². The number of nitrogen functional groups attached to an aromatic ring is 1. The molecular weight excluding hydrogens is 285 g/mol. The summed E-state index contributed by atoms with van der Waals surface area (Å²) in [7, 11) is 0. The number of nitrogens with two attached hydrogens (primary N) is 1. The smallest absolute Gasteiger partial charge is 0.389 e. The van der Waals surface area contributed by atoms with Crippen LogP contribution in [0.3, 0.4) is 0 Å². The van der Waals surface area contributed by atoms with Crippen molar-refractivity contribution in [1.82, 2.24) is 10.1 Å². The molecule has 0 radical (unpaired) electrons. The third-order valence-electron chi connectivity index (χ3n) is 2.42. The molecule has 108 valence electrons. The quantitative estimate of drug-likeness (QED) is 0.697. The lowest BCUT2D eigenvalue weighted by molar-refractivity contribution is -0.134. The van der Waals surface area contributed by atoms with Gasteiger partial charge in [-0.25, -0.2) is 8.78 Å². The summed E-state index contributed by atoms with van der Waals surface area (Å²) < 4.78 is 67.2. The Kier molecular flexibility index (Phi) is 3.60. The zero-order chi connectivity index (χ0) is 14.9. The molecule has 2 aromatic rings. The van der Waals surface area contributed by atoms with Crippen LogP contribution in [0.25, 0.3) is 11.5 Å². The van der Waals surface area contributed by atoms with E-state index in [1.165, 1.54) is 0 Å². The van der Waals surface area contributed by atoms with Gasteiger partial charge in [-0.15, -0.1) is 0 Å². The molecule has 9 heteroatoms. The van der Waals surface area contributed by atoms with Crippen LogP contribution in [0.4, 0.5) is 27.6 Å². The van der Waals surface area contributed by atoms with Gasteiger partial charge in [0.25, 0.3) is 5.89 Å². The number of hydrogen-bond donors (Lipinski definition) is 1. The Hall–Kier alpha value is -2.19. The van der Waals surface area contributed by atoms with Gasteiger partial charge in [0, 0.05) is 12.5 Å². The molecule has 0 spiro atoms. The summed E-state index contributed by atoms with van der Waals surface area (Å²) in [5, 5.41) is 3.30. The number of halogens is 5. The zero-order valence-corrected chi connectivity index (χ0v) is 9.84. The molecule has 0 atom stereocenters. The maximum Gasteiger partial charge on any atom is 0.389 e. The van der Waals surface area contributed by atoms with E-state index in [4.69, 9.17) is 5.73 Å². The highest BCUT2D eigenvalue weighted by molar-refractivity contribution is 5.61. The van der Waals surface area contributed by atoms with Gasteiger partial charge in [0.1, 0.15) is 11.6 Å². The number of alkyl halides is 3. The van der Waals surface area contributed by atoms with Crippen LogP contribution in [0.15, 0.2) is 16.7 Å². The Morgan fingerprint density at radius 1 is 1.15 bits per heavy atom. The van der Waals surface area contributed by atoms with Crippen LogP contribution in [0.2, 0.25) is 0 Å². The van der Waals surface area contributed by atoms with E-state index in [2.05, 4.69) is 14.7 Å². The first-order valence-corrected chi connectivity index (χ1v) is 5.40. The van der Waals surface area contributed by atoms with Crippen molar-refractivity contribution in [2.24, 2.45) is 0 Å². The highest BCUT2D eigenvalue weighted by atomic mass is 19.4. The summed E-state index contributed by atoms with van der Waals surface area (Å²) in [5.41, 5.74) is 4.66. The molecule has 0 bridgehead atoms. The highest BCUT2D eigenvalue weighted by Crippen LogP contribution is 2.26. The van der Waals surface area contributed by atoms with Crippen molar-refractivity contribution in [3.05, 3.63) is 29.6 Å². The Bertz CT molecular complexity index is 623. The number of rotatable bonds is 3. The predicted molar refractivity (Wildman–Crippen MR) is 58.4 cm³/mol. The Labute approximate surface area is 109 Å². The molecule has 0 aliphatic rings. The first kappa shape index (κ1) is 14.2. The summed E-state index contributed by atoms with van der Waals surface area (Å²) in [6.07, 6.45) is -5.97. The van der Waals surface area contributed by atoms with Gasteiger partial charge in [0.2, 0.25) is 0 Å². The monoisotopic (exact) mass is 293 g/mol. The third kappa shape index (κ3) is 3.22. The summed E-state index contributed by atoms with van der Waals surface area (Å²) in [4.78, 5) is 3.62. The summed E-state index contributed by atoms with van der Waals surface area (Å²) in [5.74, 6) is -2.53. The van der Waals surface area contributed by atoms with Crippen LogP contribution < -0.4 is 5.73 Å². The molecule has 20 heavy (non-hydrogen) atoms. The lowest BCUT2D eigenvalue weighted by Crippen LogP contribution is -2.09. The van der Waals surface area contributed by atoms with Crippen LogP contribution >= 0.6 is 0 Å². The maximum atomic E-state index is 13.5. The second-order valence-corrected chi connectivity index (χ2v) is 3.98. The van der Waals surface area contributed by atoms with Crippen LogP contribution in [-0.2, 0) is 6.42 Å². The molecule has 1 heterocycles. The zero-order valence-electron chi connectivity index (χ0n) is 9.84. The van der Waals surface area contributed by atoms with Gasteiger partial charge in [0.15, 0.2) is 5.82 Å². The molecule has 0 aliphatic carbocycles. The number of hydrogen-bond acceptors (Lipinski definition) is 4. The van der Waals surface area contributed by atoms with E-state index in [0.29, 0.717) is 6.07 Å². The predicted octanol–water partition coefficient (Wildman–Crippen LogP) is 3.09. The van der Waals surface area contributed by atoms with E-state index in [1.807, 2.05) is 0 Å². The normalized spacial score (nSPS) is 11.8. The largest absolute Gasteiger partial charge is 0.396 e. The van der Waals surface area contributed by atoms with Gasteiger partial charge in [-0.3, -0.25) is 0 Å². The van der Waals surface area contributed by atoms with E-state index in [1.54, 1.807) is 0 Å². The van der Waals surface area contributed by atoms with Gasteiger partial charge < -0.3 is 10.3 Å². The number of anilines is 1. The molecule has 0 fully saturated rings. The van der Waals surface area contributed by atoms with Gasteiger partial charge in [-0.05, 0) is 6.07 Å². The van der Waals surface area contributed by atoms with Crippen molar-refractivity contribution in [3.8, 4) is 11.5 Å². The highest BCUT2D eigenvalue weighted by Gasteiger charge is 2.28. The molecule has 1 aromatic carbocycles. The minimum Gasteiger partial charge on any atom is -0.396 e. The van der Waals surface area contributed by atoms with E-state index in [0.717, 1.165) is 6.07 Å². The first-order valence-electron chi connectivity index (χ1n) is 5.40. The standard InChI is InChI=1S/C11H8F5N3O/c12-6-4-7(13)8(17)3-5(6)10-18-9(19-20-10)1-2-11(14,15)16/h3-4H,1-2,17H2. The first-order chi connectivity index (χ1) is 9.26. The van der Waals surface area contributed by atoms with E-state index >= 15 is 0 Å². The molecule has 4 nitrogen and oxygen atoms in total. The molecule has 0 aliphatic heterocycles. The second kappa shape index (κ2) is 5.06. The average molecular weight is 293 g/mol. The maximum absolute atomic E-state index is 13.5. The minimum absolute atomic E-state index is 0.223. The fraction of sp³-hybridized carbons (Fsp3) is 0.273. The molecule has 2 rings (SSSR count). The molecule has 0 saturated carbocycles. The summed E-state index contributed by atoms with van der Waals surface area (Å²) >= 11 is 0. The number of aromatic nitrogens is 2. The van der Waals surface area contributed by atoms with Gasteiger partial charge in [-0.2, -0.15) is 18.2 Å². The lowest BCUT2D eigenvalue weighted by Gasteiger charge is -2.02. The van der Waals surface area contributed by atoms with Crippen molar-refractivity contribution in [2.45, 2.75) is 19.0 Å². The topological polar surface area (TPSA) is 64.9 Å². The molecule has 0 unspecified atom stereocenters. The van der Waals surface area contributed by atoms with Gasteiger partial charge in [0.05, 0.1) is 17.7 Å². The van der Waals surface area contributed by atoms with Crippen molar-refractivity contribution in [2.75, 3.05) is 5.73 Å². The summed E-state index contributed by atoms with van der Waals surface area (Å²) in [6, 6.07) is 1.47. The van der Waals surface area contributed by atoms with Gasteiger partial charge >= 0.3 is 6.18 Å². The molecule has 0 amide bonds. The van der Waals surface area contributed by atoms with E-state index < -0.39 is 30.7 Å². The number of benzene rings is 1. The van der Waals surface area contributed by atoms with Crippen LogP contribution in [0.1, 0.15) is 12.2 Å². The van der Waals surface area contributed by atoms with Crippen LogP contribution in [-0.4, -0.2) is 16.3 Å². The SMILES string of the molecule is Nc1cc(-c2nc(CCC(F)(F)F)no2)c(F)cc1F. The van der Waals surface area contributed by atoms with Crippen LogP contribution in [0.5, 0.6) is 0 Å². The molecular formula is C11H8F5N3O. The fourth-order valence-electron chi connectivity index (χ4n) is 1.45. The van der Waals surface area contributed by atoms with Crippen LogP contribution in [0, 0.1) is 11.6 Å².